The van der Waals surface area contributed by atoms with Crippen LogP contribution in [0.15, 0.2) is 30.3 Å². The maximum atomic E-state index is 13.8. The lowest BCUT2D eigenvalue weighted by molar-refractivity contribution is 0.0332. The minimum absolute atomic E-state index is 0.103. The Labute approximate surface area is 90.5 Å². The van der Waals surface area contributed by atoms with Crippen LogP contribution in [0.3, 0.4) is 0 Å². The minimum atomic E-state index is -0.950. The molecule has 1 aliphatic rings. The minimum Gasteiger partial charge on any atom is -0.327 e. The van der Waals surface area contributed by atoms with Crippen LogP contribution in [0.1, 0.15) is 31.2 Å². The van der Waals surface area contributed by atoms with Crippen LogP contribution in [-0.2, 0) is 6.42 Å². The van der Waals surface area contributed by atoms with Crippen LogP contribution in [-0.4, -0.2) is 11.7 Å². The van der Waals surface area contributed by atoms with Crippen LogP contribution >= 0.6 is 0 Å². The summed E-state index contributed by atoms with van der Waals surface area (Å²) in [7, 11) is 0. The monoisotopic (exact) mass is 207 g/mol. The molecule has 2 heteroatoms. The van der Waals surface area contributed by atoms with Crippen molar-refractivity contribution in [1.82, 2.24) is 0 Å². The molecule has 0 unspecified atom stereocenters. The van der Waals surface area contributed by atoms with Gasteiger partial charge in [-0.1, -0.05) is 30.3 Å². The van der Waals surface area contributed by atoms with Crippen molar-refractivity contribution in [2.24, 2.45) is 5.73 Å². The fourth-order valence-corrected chi connectivity index (χ4v) is 2.34. The summed E-state index contributed by atoms with van der Waals surface area (Å²) in [5.41, 5.74) is 5.94. The van der Waals surface area contributed by atoms with Crippen molar-refractivity contribution in [1.29, 1.82) is 0 Å². The summed E-state index contributed by atoms with van der Waals surface area (Å²) in [4.78, 5) is 0. The smallest absolute Gasteiger partial charge is 0.114 e. The Hall–Kier alpha value is -0.890. The summed E-state index contributed by atoms with van der Waals surface area (Å²) in [5, 5.41) is 0. The third kappa shape index (κ3) is 2.78. The van der Waals surface area contributed by atoms with Crippen LogP contribution in [0.2, 0.25) is 0 Å². The predicted octanol–water partition coefficient (Wildman–Crippen LogP) is 2.84. The topological polar surface area (TPSA) is 26.0 Å². The highest BCUT2D eigenvalue weighted by molar-refractivity contribution is 5.14. The largest absolute Gasteiger partial charge is 0.327 e. The molecule has 0 aromatic heterocycles. The average Bonchev–Trinajstić information content (AvgIpc) is 2.17. The highest BCUT2D eigenvalue weighted by Crippen LogP contribution is 2.39. The van der Waals surface area contributed by atoms with Crippen molar-refractivity contribution in [2.45, 2.75) is 43.8 Å². The fraction of sp³-hybridized carbons (Fsp3) is 0.538. The van der Waals surface area contributed by atoms with Crippen LogP contribution in [0.5, 0.6) is 0 Å². The van der Waals surface area contributed by atoms with Gasteiger partial charge in [0, 0.05) is 6.04 Å². The molecule has 0 atom stereocenters. The van der Waals surface area contributed by atoms with Crippen molar-refractivity contribution < 1.29 is 4.39 Å². The molecule has 0 radical (unpaired) electrons. The number of benzene rings is 1. The van der Waals surface area contributed by atoms with E-state index in [0.29, 0.717) is 19.3 Å². The van der Waals surface area contributed by atoms with Crippen LogP contribution in [0.25, 0.3) is 0 Å². The first-order valence-corrected chi connectivity index (χ1v) is 5.66. The summed E-state index contributed by atoms with van der Waals surface area (Å²) in [6, 6.07) is 10.4. The number of rotatable bonds is 4. The van der Waals surface area contributed by atoms with Crippen LogP contribution < -0.4 is 5.73 Å². The molecule has 0 spiro atoms. The van der Waals surface area contributed by atoms with Gasteiger partial charge < -0.3 is 5.73 Å². The SMILES string of the molecule is NC1CC(F)(CCCc2ccccc2)C1. The zero-order valence-electron chi connectivity index (χ0n) is 8.95. The Morgan fingerprint density at radius 1 is 1.27 bits per heavy atom. The van der Waals surface area contributed by atoms with E-state index in [4.69, 9.17) is 5.73 Å². The Morgan fingerprint density at radius 2 is 1.93 bits per heavy atom. The molecule has 0 bridgehead atoms. The number of hydrogen-bond donors (Lipinski definition) is 1. The lowest BCUT2D eigenvalue weighted by Gasteiger charge is -2.39. The van der Waals surface area contributed by atoms with E-state index in [2.05, 4.69) is 12.1 Å². The van der Waals surface area contributed by atoms with Gasteiger partial charge in [-0.3, -0.25) is 0 Å². The van der Waals surface area contributed by atoms with Gasteiger partial charge in [-0.15, -0.1) is 0 Å². The maximum absolute atomic E-state index is 13.8. The summed E-state index contributed by atoms with van der Waals surface area (Å²) in [5.74, 6) is 0. The van der Waals surface area contributed by atoms with Crippen molar-refractivity contribution >= 4 is 0 Å². The van der Waals surface area contributed by atoms with E-state index >= 15 is 0 Å². The van der Waals surface area contributed by atoms with Gasteiger partial charge in [-0.2, -0.15) is 0 Å². The molecule has 1 fully saturated rings. The van der Waals surface area contributed by atoms with Crippen molar-refractivity contribution in [3.05, 3.63) is 35.9 Å². The van der Waals surface area contributed by atoms with Gasteiger partial charge in [0.15, 0.2) is 0 Å². The highest BCUT2D eigenvalue weighted by Gasteiger charge is 2.42. The van der Waals surface area contributed by atoms with Gasteiger partial charge in [0.05, 0.1) is 0 Å². The second-order valence-corrected chi connectivity index (χ2v) is 4.66. The van der Waals surface area contributed by atoms with Crippen LogP contribution in [0.4, 0.5) is 4.39 Å². The van der Waals surface area contributed by atoms with Gasteiger partial charge in [-0.25, -0.2) is 4.39 Å². The highest BCUT2D eigenvalue weighted by atomic mass is 19.1. The molecular formula is C13H18FN. The van der Waals surface area contributed by atoms with Gasteiger partial charge in [0.1, 0.15) is 5.67 Å². The first-order chi connectivity index (χ1) is 7.18. The Kier molecular flexibility index (Phi) is 3.06. The lowest BCUT2D eigenvalue weighted by atomic mass is 9.74. The average molecular weight is 207 g/mol. The molecule has 0 aliphatic heterocycles. The van der Waals surface area contributed by atoms with Gasteiger partial charge in [0.25, 0.3) is 0 Å². The van der Waals surface area contributed by atoms with E-state index in [-0.39, 0.29) is 6.04 Å². The third-order valence-electron chi connectivity index (χ3n) is 3.19. The number of aryl methyl sites for hydroxylation is 1. The van der Waals surface area contributed by atoms with Gasteiger partial charge in [0.2, 0.25) is 0 Å². The fourth-order valence-electron chi connectivity index (χ4n) is 2.34. The first kappa shape index (κ1) is 10.6. The summed E-state index contributed by atoms with van der Waals surface area (Å²) in [6.07, 6.45) is 3.67. The quantitative estimate of drug-likeness (QED) is 0.807. The molecular weight excluding hydrogens is 189 g/mol. The third-order valence-corrected chi connectivity index (χ3v) is 3.19. The molecule has 0 saturated heterocycles. The first-order valence-electron chi connectivity index (χ1n) is 5.66. The zero-order valence-corrected chi connectivity index (χ0v) is 8.95. The number of halogens is 1. The van der Waals surface area contributed by atoms with E-state index in [1.165, 1.54) is 5.56 Å². The van der Waals surface area contributed by atoms with Crippen molar-refractivity contribution in [2.75, 3.05) is 0 Å². The standard InChI is InChI=1S/C13H18FN/c14-13(9-12(15)10-13)8-4-7-11-5-2-1-3-6-11/h1-3,5-6,12H,4,7-10,15H2. The Bertz CT molecular complexity index is 304. The van der Waals surface area contributed by atoms with E-state index in [0.717, 1.165) is 12.8 Å². The molecule has 1 aromatic rings. The van der Waals surface area contributed by atoms with E-state index in [1.807, 2.05) is 18.2 Å². The molecule has 1 nitrogen and oxygen atoms in total. The molecule has 2 N–H and O–H groups in total. The number of alkyl halides is 1. The molecule has 0 heterocycles. The number of hydrogen-bond acceptors (Lipinski definition) is 1. The van der Waals surface area contributed by atoms with Crippen LogP contribution in [0, 0.1) is 0 Å². The second-order valence-electron chi connectivity index (χ2n) is 4.66. The molecule has 2 rings (SSSR count). The second kappa shape index (κ2) is 4.31. The van der Waals surface area contributed by atoms with Gasteiger partial charge in [-0.05, 0) is 37.7 Å². The molecule has 1 aliphatic carbocycles. The summed E-state index contributed by atoms with van der Waals surface area (Å²) < 4.78 is 13.8. The predicted molar refractivity (Wildman–Crippen MR) is 60.4 cm³/mol. The lowest BCUT2D eigenvalue weighted by Crippen LogP contribution is -2.48. The number of nitrogens with two attached hydrogens (primary N) is 1. The Balaban J connectivity index is 1.72. The van der Waals surface area contributed by atoms with Crippen molar-refractivity contribution in [3.63, 3.8) is 0 Å². The molecule has 1 aromatic carbocycles. The zero-order chi connectivity index (χ0) is 10.7. The molecule has 1 saturated carbocycles. The molecule has 82 valence electrons. The maximum Gasteiger partial charge on any atom is 0.114 e. The Morgan fingerprint density at radius 3 is 2.53 bits per heavy atom. The summed E-state index contributed by atoms with van der Waals surface area (Å²) >= 11 is 0. The van der Waals surface area contributed by atoms with E-state index in [9.17, 15) is 4.39 Å². The molecule has 15 heavy (non-hydrogen) atoms. The van der Waals surface area contributed by atoms with E-state index in [1.54, 1.807) is 0 Å². The van der Waals surface area contributed by atoms with Gasteiger partial charge >= 0.3 is 0 Å². The molecule has 0 amide bonds. The normalized spacial score (nSPS) is 29.9. The van der Waals surface area contributed by atoms with E-state index < -0.39 is 5.67 Å². The summed E-state index contributed by atoms with van der Waals surface area (Å²) in [6.45, 7) is 0. The van der Waals surface area contributed by atoms with Crippen molar-refractivity contribution in [3.8, 4) is 0 Å².